The topological polar surface area (TPSA) is 112 Å². The smallest absolute Gasteiger partial charge is 0.327 e. The molecule has 1 N–H and O–H groups in total. The van der Waals surface area contributed by atoms with Crippen molar-refractivity contribution in [1.82, 2.24) is 15.1 Å². The summed E-state index contributed by atoms with van der Waals surface area (Å²) in [5, 5.41) is 12.3. The van der Waals surface area contributed by atoms with E-state index in [1.54, 1.807) is 35.3 Å². The lowest BCUT2D eigenvalue weighted by atomic mass is 9.89. The fourth-order valence-corrected chi connectivity index (χ4v) is 4.75. The average Bonchev–Trinajstić information content (AvgIpc) is 3.40. The van der Waals surface area contributed by atoms with E-state index in [1.807, 2.05) is 36.4 Å². The lowest BCUT2D eigenvalue weighted by Crippen LogP contribution is -2.60. The van der Waals surface area contributed by atoms with E-state index in [9.17, 15) is 19.6 Å². The summed E-state index contributed by atoms with van der Waals surface area (Å²) in [4.78, 5) is 41.9. The number of carbonyl (C=O) groups excluding carboxylic acids is 3. The van der Waals surface area contributed by atoms with Crippen LogP contribution in [0.4, 0.5) is 4.79 Å². The predicted octanol–water partition coefficient (Wildman–Crippen LogP) is 3.26. The van der Waals surface area contributed by atoms with E-state index >= 15 is 0 Å². The van der Waals surface area contributed by atoms with Crippen LogP contribution in [0, 0.1) is 17.2 Å². The van der Waals surface area contributed by atoms with Gasteiger partial charge in [0.25, 0.3) is 0 Å². The van der Waals surface area contributed by atoms with E-state index in [-0.39, 0.29) is 38.1 Å². The van der Waals surface area contributed by atoms with Crippen LogP contribution in [0.2, 0.25) is 0 Å². The molecule has 1 fully saturated rings. The van der Waals surface area contributed by atoms with Gasteiger partial charge in [0.15, 0.2) is 11.5 Å². The third-order valence-electron chi connectivity index (χ3n) is 6.68. The van der Waals surface area contributed by atoms with Crippen molar-refractivity contribution in [1.29, 1.82) is 5.26 Å². The number of nitrogens with one attached hydrogen (secondary N) is 1. The lowest BCUT2D eigenvalue weighted by Gasteiger charge is -2.43. The Labute approximate surface area is 214 Å². The standard InChI is InChI=1S/C28H26N4O5/c29-15-20-6-1-2-7-21(20)17-32-23-9-4-3-8-22(23)27(34)31(28(32)35)13-5-10-26(33)30-16-19-11-12-24-25(14-19)37-18-36-24/h1-4,6-9,11-12,14,22-23H,5,10,13,16-18H2,(H,30,33). The van der Waals surface area contributed by atoms with Gasteiger partial charge >= 0.3 is 6.03 Å². The molecule has 0 saturated carbocycles. The highest BCUT2D eigenvalue weighted by Gasteiger charge is 2.44. The number of carbonyl (C=O) groups is 3. The van der Waals surface area contributed by atoms with E-state index < -0.39 is 18.0 Å². The van der Waals surface area contributed by atoms with Gasteiger partial charge in [-0.05, 0) is 35.7 Å². The van der Waals surface area contributed by atoms with Gasteiger partial charge in [-0.1, -0.05) is 48.6 Å². The number of hydrogen-bond donors (Lipinski definition) is 1. The number of nitrogens with zero attached hydrogens (tertiary/aromatic N) is 3. The van der Waals surface area contributed by atoms with Crippen LogP contribution in [-0.4, -0.2) is 47.0 Å². The molecule has 0 bridgehead atoms. The van der Waals surface area contributed by atoms with Crippen molar-refractivity contribution in [3.8, 4) is 17.6 Å². The normalized spacial score (nSPS) is 19.5. The molecule has 188 valence electrons. The van der Waals surface area contributed by atoms with Crippen molar-refractivity contribution < 1.29 is 23.9 Å². The fraction of sp³-hybridized carbons (Fsp3) is 0.286. The average molecular weight is 499 g/mol. The first kappa shape index (κ1) is 24.1. The second-order valence-electron chi connectivity index (χ2n) is 9.02. The minimum atomic E-state index is -0.503. The van der Waals surface area contributed by atoms with Crippen LogP contribution >= 0.6 is 0 Å². The molecule has 0 aromatic heterocycles. The van der Waals surface area contributed by atoms with Crippen molar-refractivity contribution in [3.05, 3.63) is 83.5 Å². The Morgan fingerprint density at radius 1 is 1.08 bits per heavy atom. The molecule has 9 nitrogen and oxygen atoms in total. The van der Waals surface area contributed by atoms with Crippen molar-refractivity contribution in [3.63, 3.8) is 0 Å². The number of benzene rings is 2. The summed E-state index contributed by atoms with van der Waals surface area (Å²) >= 11 is 0. The van der Waals surface area contributed by atoms with Gasteiger partial charge in [-0.25, -0.2) is 4.79 Å². The van der Waals surface area contributed by atoms with Crippen LogP contribution < -0.4 is 14.8 Å². The van der Waals surface area contributed by atoms with Gasteiger partial charge in [0.1, 0.15) is 0 Å². The van der Waals surface area contributed by atoms with Gasteiger partial charge in [-0.15, -0.1) is 0 Å². The summed E-state index contributed by atoms with van der Waals surface area (Å²) in [6.07, 6.45) is 7.78. The zero-order valence-corrected chi connectivity index (χ0v) is 20.1. The van der Waals surface area contributed by atoms with Crippen molar-refractivity contribution >= 4 is 17.8 Å². The Bertz CT molecular complexity index is 1330. The summed E-state index contributed by atoms with van der Waals surface area (Å²) in [5.41, 5.74) is 2.09. The van der Waals surface area contributed by atoms with Gasteiger partial charge in [0.2, 0.25) is 18.6 Å². The Morgan fingerprint density at radius 2 is 1.89 bits per heavy atom. The van der Waals surface area contributed by atoms with Crippen LogP contribution in [0.5, 0.6) is 11.5 Å². The molecule has 5 rings (SSSR count). The van der Waals surface area contributed by atoms with Gasteiger partial charge in [-0.2, -0.15) is 5.26 Å². The SMILES string of the molecule is N#Cc1ccccc1CN1C(=O)N(CCCC(=O)NCc2ccc3c(c2)OCO3)C(=O)C2C=CC=CC21. The number of hydrogen-bond acceptors (Lipinski definition) is 6. The predicted molar refractivity (Wildman–Crippen MR) is 133 cm³/mol. The molecule has 2 aromatic carbocycles. The molecule has 4 amide bonds. The maximum Gasteiger partial charge on any atom is 0.327 e. The van der Waals surface area contributed by atoms with Crippen LogP contribution in [-0.2, 0) is 22.7 Å². The number of urea groups is 1. The van der Waals surface area contributed by atoms with Gasteiger partial charge in [0.05, 0.1) is 23.6 Å². The Hall–Kier alpha value is -4.58. The van der Waals surface area contributed by atoms with E-state index in [1.165, 1.54) is 4.90 Å². The Kier molecular flexibility index (Phi) is 6.90. The first-order valence-electron chi connectivity index (χ1n) is 12.2. The van der Waals surface area contributed by atoms with Crippen LogP contribution in [0.25, 0.3) is 0 Å². The molecule has 1 saturated heterocycles. The fourth-order valence-electron chi connectivity index (χ4n) is 4.75. The zero-order valence-electron chi connectivity index (χ0n) is 20.1. The molecule has 3 aliphatic rings. The highest BCUT2D eigenvalue weighted by atomic mass is 16.7. The van der Waals surface area contributed by atoms with Gasteiger partial charge < -0.3 is 19.7 Å². The first-order chi connectivity index (χ1) is 18.0. The number of imide groups is 1. The maximum atomic E-state index is 13.4. The molecule has 2 aliphatic heterocycles. The summed E-state index contributed by atoms with van der Waals surface area (Å²) in [7, 11) is 0. The molecule has 37 heavy (non-hydrogen) atoms. The molecule has 0 radical (unpaired) electrons. The monoisotopic (exact) mass is 498 g/mol. The molecular formula is C28H26N4O5. The van der Waals surface area contributed by atoms with Crippen LogP contribution in [0.15, 0.2) is 66.8 Å². The maximum absolute atomic E-state index is 13.4. The summed E-state index contributed by atoms with van der Waals surface area (Å²) < 4.78 is 10.7. The molecule has 0 spiro atoms. The Morgan fingerprint density at radius 3 is 2.76 bits per heavy atom. The number of nitriles is 1. The van der Waals surface area contributed by atoms with Crippen molar-refractivity contribution in [2.24, 2.45) is 5.92 Å². The number of rotatable bonds is 8. The number of amides is 4. The Balaban J connectivity index is 1.20. The molecule has 1 aliphatic carbocycles. The van der Waals surface area contributed by atoms with Gasteiger partial charge in [-0.3, -0.25) is 14.5 Å². The van der Waals surface area contributed by atoms with Crippen molar-refractivity contribution in [2.75, 3.05) is 13.3 Å². The summed E-state index contributed by atoms with van der Waals surface area (Å²) in [6, 6.07) is 14.0. The molecule has 2 atom stereocenters. The quantitative estimate of drug-likeness (QED) is 0.598. The number of allylic oxidation sites excluding steroid dienone is 2. The lowest BCUT2D eigenvalue weighted by molar-refractivity contribution is -0.136. The largest absolute Gasteiger partial charge is 0.454 e. The van der Waals surface area contributed by atoms with Crippen LogP contribution in [0.3, 0.4) is 0 Å². The second kappa shape index (κ2) is 10.6. The minimum Gasteiger partial charge on any atom is -0.454 e. The summed E-state index contributed by atoms with van der Waals surface area (Å²) in [5.74, 6) is 0.382. The van der Waals surface area contributed by atoms with Crippen LogP contribution in [0.1, 0.15) is 29.5 Å². The number of ether oxygens (including phenoxy) is 2. The van der Waals surface area contributed by atoms with Crippen molar-refractivity contribution in [2.45, 2.75) is 32.0 Å². The zero-order chi connectivity index (χ0) is 25.8. The van der Waals surface area contributed by atoms with E-state index in [4.69, 9.17) is 9.47 Å². The molecular weight excluding hydrogens is 472 g/mol. The molecule has 2 unspecified atom stereocenters. The third kappa shape index (κ3) is 5.05. The number of fused-ring (bicyclic) bond motifs is 2. The second-order valence-corrected chi connectivity index (χ2v) is 9.02. The third-order valence-corrected chi connectivity index (χ3v) is 6.68. The van der Waals surface area contributed by atoms with E-state index in [0.29, 0.717) is 30.0 Å². The minimum absolute atomic E-state index is 0.131. The first-order valence-corrected chi connectivity index (χ1v) is 12.2. The highest BCUT2D eigenvalue weighted by molar-refractivity contribution is 6.00. The summed E-state index contributed by atoms with van der Waals surface area (Å²) in [6.45, 7) is 0.868. The highest BCUT2D eigenvalue weighted by Crippen LogP contribution is 2.32. The molecule has 2 aromatic rings. The molecule has 2 heterocycles. The van der Waals surface area contributed by atoms with E-state index in [2.05, 4.69) is 11.4 Å². The van der Waals surface area contributed by atoms with Gasteiger partial charge in [0, 0.05) is 26.1 Å². The molecule has 9 heteroatoms. The van der Waals surface area contributed by atoms with E-state index in [0.717, 1.165) is 11.1 Å².